The van der Waals surface area contributed by atoms with Crippen molar-refractivity contribution in [2.45, 2.75) is 4.58 Å². The van der Waals surface area contributed by atoms with Crippen LogP contribution in [-0.4, -0.2) is 12.2 Å². The molecule has 2 nitrogen and oxygen atoms in total. The smallest absolute Gasteiger partial charge is 0.255 e. The summed E-state index contributed by atoms with van der Waals surface area (Å²) in [6.45, 7) is 0. The topological polar surface area (TPSA) is 23.2 Å². The number of halogens is 1. The van der Waals surface area contributed by atoms with Gasteiger partial charge < -0.3 is 4.74 Å². The van der Waals surface area contributed by atoms with Crippen molar-refractivity contribution in [1.82, 2.24) is 0 Å². The Morgan fingerprint density at radius 2 is 1.75 bits per heavy atom. The summed E-state index contributed by atoms with van der Waals surface area (Å²) in [6, 6.07) is 16.1. The van der Waals surface area contributed by atoms with Crippen LogP contribution in [0.15, 0.2) is 48.5 Å². The number of nitrogens with one attached hydrogen (secondary N) is 1. The van der Waals surface area contributed by atoms with Crippen LogP contribution in [0.25, 0.3) is 0 Å². The molecular formula is C15H13ClNOS2+. The molecule has 2 aromatic carbocycles. The third kappa shape index (κ3) is 2.97. The lowest BCUT2D eigenvalue weighted by Gasteiger charge is -2.04. The first-order chi connectivity index (χ1) is 9.76. The predicted octanol–water partition coefficient (Wildman–Crippen LogP) is 3.27. The molecule has 0 aliphatic carbocycles. The molecule has 0 bridgehead atoms. The summed E-state index contributed by atoms with van der Waals surface area (Å²) < 4.78 is 8.93. The quantitative estimate of drug-likeness (QED) is 0.877. The fraction of sp³-hybridized carbons (Fsp3) is 0.133. The fourth-order valence-corrected chi connectivity index (χ4v) is 4.38. The van der Waals surface area contributed by atoms with Gasteiger partial charge in [-0.05, 0) is 53.7 Å². The average molecular weight is 323 g/mol. The average Bonchev–Trinajstić information content (AvgIpc) is 2.98. The van der Waals surface area contributed by atoms with Crippen molar-refractivity contribution < 1.29 is 9.13 Å². The number of benzene rings is 2. The summed E-state index contributed by atoms with van der Waals surface area (Å²) in [7, 11) is 1.68. The third-order valence-corrected chi connectivity index (χ3v) is 5.80. The van der Waals surface area contributed by atoms with Gasteiger partial charge in [-0.1, -0.05) is 23.7 Å². The van der Waals surface area contributed by atoms with Gasteiger partial charge >= 0.3 is 0 Å². The van der Waals surface area contributed by atoms with Crippen molar-refractivity contribution in [3.8, 4) is 5.75 Å². The van der Waals surface area contributed by atoms with E-state index < -0.39 is 0 Å². The minimum Gasteiger partial charge on any atom is -0.497 e. The zero-order valence-corrected chi connectivity index (χ0v) is 13.2. The molecule has 0 saturated carbocycles. The van der Waals surface area contributed by atoms with Crippen LogP contribution >= 0.6 is 35.3 Å². The lowest BCUT2D eigenvalue weighted by Crippen LogP contribution is -2.60. The molecule has 20 heavy (non-hydrogen) atoms. The second-order valence-electron chi connectivity index (χ2n) is 4.28. The minimum atomic E-state index is 0.351. The molecule has 1 aliphatic rings. The molecule has 1 unspecified atom stereocenters. The Labute approximate surface area is 131 Å². The Morgan fingerprint density at radius 1 is 1.05 bits per heavy atom. The molecule has 0 radical (unpaired) electrons. The van der Waals surface area contributed by atoms with E-state index >= 15 is 0 Å². The van der Waals surface area contributed by atoms with Gasteiger partial charge in [0.1, 0.15) is 5.75 Å². The predicted molar refractivity (Wildman–Crippen MR) is 87.4 cm³/mol. The zero-order valence-electron chi connectivity index (χ0n) is 10.8. The van der Waals surface area contributed by atoms with Crippen LogP contribution in [0, 0.1) is 0 Å². The summed E-state index contributed by atoms with van der Waals surface area (Å²) in [5, 5.41) is 1.95. The highest BCUT2D eigenvalue weighted by atomic mass is 35.5. The molecule has 3 rings (SSSR count). The van der Waals surface area contributed by atoms with Crippen molar-refractivity contribution in [3.05, 3.63) is 64.7 Å². The van der Waals surface area contributed by atoms with Gasteiger partial charge in [0.15, 0.2) is 16.5 Å². The van der Waals surface area contributed by atoms with E-state index in [4.69, 9.17) is 16.3 Å². The van der Waals surface area contributed by atoms with Crippen molar-refractivity contribution in [3.63, 3.8) is 0 Å². The Bertz CT molecular complexity index is 625. The monoisotopic (exact) mass is 322 g/mol. The number of thioether (sulfide) groups is 1. The highest BCUT2D eigenvalue weighted by molar-refractivity contribution is 8.25. The molecule has 2 aromatic rings. The largest absolute Gasteiger partial charge is 0.497 e. The van der Waals surface area contributed by atoms with Gasteiger partial charge in [-0.25, -0.2) is 0 Å². The first-order valence-electron chi connectivity index (χ1n) is 6.11. The second-order valence-corrected chi connectivity index (χ2v) is 7.04. The van der Waals surface area contributed by atoms with Crippen molar-refractivity contribution >= 4 is 40.4 Å². The van der Waals surface area contributed by atoms with Crippen LogP contribution < -0.4 is 9.13 Å². The lowest BCUT2D eigenvalue weighted by molar-refractivity contribution is -0.237. The van der Waals surface area contributed by atoms with Gasteiger partial charge in [-0.3, -0.25) is 0 Å². The first-order valence-corrected chi connectivity index (χ1v) is 8.25. The molecule has 1 N–H and O–H groups in total. The van der Waals surface area contributed by atoms with E-state index in [-0.39, 0.29) is 0 Å². The van der Waals surface area contributed by atoms with Crippen LogP contribution in [0.4, 0.5) is 0 Å². The van der Waals surface area contributed by atoms with Gasteiger partial charge in [-0.15, -0.1) is 0 Å². The Balaban J connectivity index is 1.73. The van der Waals surface area contributed by atoms with E-state index in [0.717, 1.165) is 10.8 Å². The van der Waals surface area contributed by atoms with Crippen LogP contribution in [0.2, 0.25) is 5.02 Å². The maximum atomic E-state index is 5.93. The number of methoxy groups -OCH3 is 1. The molecule has 1 heterocycles. The standard InChI is InChI=1S/C15H12ClNOS2/c1-18-13-8-4-10(5-9-13)14-17-20-15(19-14)11-2-6-12(16)7-3-11/h2-9,15H,1H3/p+1. The van der Waals surface area contributed by atoms with Crippen LogP contribution in [0.3, 0.4) is 0 Å². The van der Waals surface area contributed by atoms with Crippen molar-refractivity contribution in [2.75, 3.05) is 7.11 Å². The van der Waals surface area contributed by atoms with E-state index in [1.54, 1.807) is 19.1 Å². The number of rotatable bonds is 3. The third-order valence-electron chi connectivity index (χ3n) is 2.98. The fourth-order valence-electron chi connectivity index (χ4n) is 1.89. The molecule has 102 valence electrons. The van der Waals surface area contributed by atoms with Gasteiger partial charge in [0, 0.05) is 5.02 Å². The van der Waals surface area contributed by atoms with E-state index in [9.17, 15) is 0 Å². The molecule has 0 aromatic heterocycles. The summed E-state index contributed by atoms with van der Waals surface area (Å²) in [5.74, 6) is 0.874. The zero-order chi connectivity index (χ0) is 13.9. The summed E-state index contributed by atoms with van der Waals surface area (Å²) in [6.07, 6.45) is 0. The normalized spacial score (nSPS) is 17.9. The molecule has 1 atom stereocenters. The number of hydrogen-bond acceptors (Lipinski definition) is 3. The van der Waals surface area contributed by atoms with E-state index in [1.165, 1.54) is 16.2 Å². The maximum absolute atomic E-state index is 5.93. The lowest BCUT2D eigenvalue weighted by atomic mass is 10.2. The molecule has 0 saturated heterocycles. The van der Waals surface area contributed by atoms with Gasteiger partial charge in [0.05, 0.1) is 12.7 Å². The SMILES string of the molecule is COc1ccc(C2=[NH+]SC(c3ccc(Cl)cc3)S2)cc1. The minimum absolute atomic E-state index is 0.351. The molecule has 0 amide bonds. The molecule has 0 spiro atoms. The Hall–Kier alpha value is -1.10. The summed E-state index contributed by atoms with van der Waals surface area (Å²) >= 11 is 9.46. The maximum Gasteiger partial charge on any atom is 0.255 e. The van der Waals surface area contributed by atoms with Crippen molar-refractivity contribution in [2.24, 2.45) is 0 Å². The molecular weight excluding hydrogens is 310 g/mol. The highest BCUT2D eigenvalue weighted by Gasteiger charge is 2.30. The van der Waals surface area contributed by atoms with Gasteiger partial charge in [0.25, 0.3) is 5.04 Å². The summed E-state index contributed by atoms with van der Waals surface area (Å²) in [4.78, 5) is 0. The van der Waals surface area contributed by atoms with Crippen LogP contribution in [-0.2, 0) is 0 Å². The Morgan fingerprint density at radius 3 is 2.40 bits per heavy atom. The van der Waals surface area contributed by atoms with Gasteiger partial charge in [0.2, 0.25) is 0 Å². The number of ether oxygens (including phenoxy) is 1. The van der Waals surface area contributed by atoms with E-state index in [1.807, 2.05) is 36.0 Å². The van der Waals surface area contributed by atoms with Crippen LogP contribution in [0.5, 0.6) is 5.75 Å². The first kappa shape index (κ1) is 13.9. The van der Waals surface area contributed by atoms with Crippen molar-refractivity contribution in [1.29, 1.82) is 0 Å². The van der Waals surface area contributed by atoms with E-state index in [0.29, 0.717) is 4.58 Å². The van der Waals surface area contributed by atoms with Gasteiger partial charge in [-0.2, -0.15) is 4.40 Å². The number of hydrogen-bond donors (Lipinski definition) is 1. The van der Waals surface area contributed by atoms with Crippen LogP contribution in [0.1, 0.15) is 15.7 Å². The van der Waals surface area contributed by atoms with E-state index in [2.05, 4.69) is 28.7 Å². The second kappa shape index (κ2) is 6.12. The molecule has 5 heteroatoms. The molecule has 1 aliphatic heterocycles. The Kier molecular flexibility index (Phi) is 4.24. The summed E-state index contributed by atoms with van der Waals surface area (Å²) in [5.41, 5.74) is 2.44. The molecule has 0 fully saturated rings. The highest BCUT2D eigenvalue weighted by Crippen LogP contribution is 2.40.